The fourth-order valence-corrected chi connectivity index (χ4v) is 4.46. The van der Waals surface area contributed by atoms with Crippen LogP contribution in [0.4, 0.5) is 0 Å². The summed E-state index contributed by atoms with van der Waals surface area (Å²) < 4.78 is 7.55. The topological polar surface area (TPSA) is 78.6 Å². The van der Waals surface area contributed by atoms with E-state index in [9.17, 15) is 0 Å². The Labute approximate surface area is 195 Å². The van der Waals surface area contributed by atoms with E-state index in [0.29, 0.717) is 23.4 Å². The minimum atomic E-state index is 0.543. The van der Waals surface area contributed by atoms with Gasteiger partial charge >= 0.3 is 0 Å². The van der Waals surface area contributed by atoms with Crippen molar-refractivity contribution in [3.05, 3.63) is 85.7 Å². The Kier molecular flexibility index (Phi) is 5.82. The number of hydrogen-bond donors (Lipinski definition) is 0. The van der Waals surface area contributed by atoms with E-state index in [1.165, 1.54) is 11.8 Å². The van der Waals surface area contributed by atoms with Crippen molar-refractivity contribution in [1.82, 2.24) is 29.7 Å². The van der Waals surface area contributed by atoms with Crippen LogP contribution in [0.1, 0.15) is 0 Å². The lowest BCUT2D eigenvalue weighted by atomic mass is 10.2. The fraction of sp³-hybridized carbons (Fsp3) is 0.0800. The molecule has 33 heavy (non-hydrogen) atoms. The van der Waals surface area contributed by atoms with Crippen LogP contribution >= 0.6 is 11.8 Å². The van der Waals surface area contributed by atoms with Gasteiger partial charge in [-0.3, -0.25) is 9.55 Å². The SMILES string of the molecule is C=CCn1c(Sc2nc(-c3cccnc3)nc3ccccc23)nnc1-c1ccccc1OC. The zero-order valence-electron chi connectivity index (χ0n) is 17.9. The van der Waals surface area contributed by atoms with Crippen LogP contribution in [0.3, 0.4) is 0 Å². The minimum Gasteiger partial charge on any atom is -0.496 e. The van der Waals surface area contributed by atoms with Crippen LogP contribution < -0.4 is 4.74 Å². The number of benzene rings is 2. The van der Waals surface area contributed by atoms with Crippen LogP contribution in [0.15, 0.2) is 95.9 Å². The Morgan fingerprint density at radius 3 is 2.67 bits per heavy atom. The number of aromatic nitrogens is 6. The molecule has 3 aromatic heterocycles. The van der Waals surface area contributed by atoms with Crippen molar-refractivity contribution in [2.75, 3.05) is 7.11 Å². The molecule has 2 aromatic carbocycles. The summed E-state index contributed by atoms with van der Waals surface area (Å²) in [4.78, 5) is 13.8. The molecule has 5 rings (SSSR count). The number of fused-ring (bicyclic) bond motifs is 1. The van der Waals surface area contributed by atoms with Crippen molar-refractivity contribution in [3.8, 4) is 28.5 Å². The molecule has 0 aliphatic carbocycles. The van der Waals surface area contributed by atoms with Crippen LogP contribution in [0.25, 0.3) is 33.7 Å². The number of ether oxygens (including phenoxy) is 1. The van der Waals surface area contributed by atoms with Gasteiger partial charge in [-0.15, -0.1) is 16.8 Å². The van der Waals surface area contributed by atoms with E-state index in [2.05, 4.69) is 21.8 Å². The molecule has 0 atom stereocenters. The molecule has 7 nitrogen and oxygen atoms in total. The van der Waals surface area contributed by atoms with Crippen LogP contribution in [0, 0.1) is 0 Å². The highest BCUT2D eigenvalue weighted by Crippen LogP contribution is 2.35. The molecular formula is C25H20N6OS. The van der Waals surface area contributed by atoms with Crippen molar-refractivity contribution in [2.24, 2.45) is 0 Å². The van der Waals surface area contributed by atoms with Gasteiger partial charge in [-0.2, -0.15) is 0 Å². The molecule has 0 amide bonds. The highest BCUT2D eigenvalue weighted by molar-refractivity contribution is 7.99. The lowest BCUT2D eigenvalue weighted by Gasteiger charge is -2.11. The Balaban J connectivity index is 1.63. The van der Waals surface area contributed by atoms with E-state index in [-0.39, 0.29) is 0 Å². The maximum atomic E-state index is 5.54. The summed E-state index contributed by atoms with van der Waals surface area (Å²) in [5, 5.41) is 11.4. The second-order valence-corrected chi connectivity index (χ2v) is 8.07. The van der Waals surface area contributed by atoms with E-state index in [1.54, 1.807) is 19.5 Å². The number of nitrogens with zero attached hydrogens (tertiary/aromatic N) is 6. The van der Waals surface area contributed by atoms with E-state index < -0.39 is 0 Å². The smallest absolute Gasteiger partial charge is 0.198 e. The van der Waals surface area contributed by atoms with Gasteiger partial charge in [0.2, 0.25) is 0 Å². The van der Waals surface area contributed by atoms with Gasteiger partial charge in [0.05, 0.1) is 18.2 Å². The second kappa shape index (κ2) is 9.22. The molecule has 0 spiro atoms. The first-order valence-corrected chi connectivity index (χ1v) is 11.1. The van der Waals surface area contributed by atoms with Crippen molar-refractivity contribution < 1.29 is 4.74 Å². The second-order valence-electron chi connectivity index (χ2n) is 7.12. The summed E-state index contributed by atoms with van der Waals surface area (Å²) in [6.45, 7) is 4.46. The summed E-state index contributed by atoms with van der Waals surface area (Å²) in [6.07, 6.45) is 5.32. The first-order valence-electron chi connectivity index (χ1n) is 10.3. The van der Waals surface area contributed by atoms with E-state index in [0.717, 1.165) is 32.8 Å². The van der Waals surface area contributed by atoms with Gasteiger partial charge in [0.15, 0.2) is 16.8 Å². The Morgan fingerprint density at radius 1 is 1.00 bits per heavy atom. The van der Waals surface area contributed by atoms with Crippen molar-refractivity contribution >= 4 is 22.7 Å². The normalized spacial score (nSPS) is 10.9. The standard InChI is InChI=1S/C25H20N6OS/c1-3-15-31-23(19-11-5-7-13-21(19)32-2)29-30-25(31)33-24-18-10-4-6-12-20(18)27-22(28-24)17-9-8-14-26-16-17/h3-14,16H,1,15H2,2H3. The first kappa shape index (κ1) is 20.8. The third-order valence-corrected chi connectivity index (χ3v) is 6.04. The molecule has 5 aromatic rings. The molecule has 8 heteroatoms. The molecule has 3 heterocycles. The lowest BCUT2D eigenvalue weighted by molar-refractivity contribution is 0.416. The van der Waals surface area contributed by atoms with Gasteiger partial charge in [0.1, 0.15) is 10.8 Å². The van der Waals surface area contributed by atoms with Gasteiger partial charge < -0.3 is 4.74 Å². The highest BCUT2D eigenvalue weighted by Gasteiger charge is 2.19. The third kappa shape index (κ3) is 4.08. The zero-order chi connectivity index (χ0) is 22.6. The fourth-order valence-electron chi connectivity index (χ4n) is 3.52. The summed E-state index contributed by atoms with van der Waals surface area (Å²) in [6, 6.07) is 19.5. The van der Waals surface area contributed by atoms with Crippen molar-refractivity contribution in [1.29, 1.82) is 0 Å². The van der Waals surface area contributed by atoms with Crippen LogP contribution in [-0.4, -0.2) is 36.8 Å². The quantitative estimate of drug-likeness (QED) is 0.245. The zero-order valence-corrected chi connectivity index (χ0v) is 18.7. The molecule has 0 bridgehead atoms. The maximum absolute atomic E-state index is 5.54. The largest absolute Gasteiger partial charge is 0.496 e. The Hall–Kier alpha value is -4.04. The molecule has 0 aliphatic rings. The predicted octanol–water partition coefficient (Wildman–Crippen LogP) is 5.30. The number of rotatable bonds is 7. The van der Waals surface area contributed by atoms with Gasteiger partial charge in [0.25, 0.3) is 0 Å². The molecule has 0 fully saturated rings. The van der Waals surface area contributed by atoms with Crippen molar-refractivity contribution in [3.63, 3.8) is 0 Å². The number of allylic oxidation sites excluding steroid dienone is 1. The maximum Gasteiger partial charge on any atom is 0.198 e. The molecule has 0 saturated carbocycles. The number of para-hydroxylation sites is 2. The van der Waals surface area contributed by atoms with Gasteiger partial charge in [0, 0.05) is 29.9 Å². The summed E-state index contributed by atoms with van der Waals surface area (Å²) in [7, 11) is 1.65. The molecular weight excluding hydrogens is 432 g/mol. The average molecular weight is 453 g/mol. The molecule has 0 unspecified atom stereocenters. The molecule has 0 N–H and O–H groups in total. The minimum absolute atomic E-state index is 0.543. The monoisotopic (exact) mass is 452 g/mol. The van der Waals surface area contributed by atoms with Crippen LogP contribution in [0.2, 0.25) is 0 Å². The van der Waals surface area contributed by atoms with Gasteiger partial charge in [-0.25, -0.2) is 9.97 Å². The summed E-state index contributed by atoms with van der Waals surface area (Å²) >= 11 is 1.45. The number of pyridine rings is 1. The lowest BCUT2D eigenvalue weighted by Crippen LogP contribution is -2.02. The molecule has 0 aliphatic heterocycles. The Morgan fingerprint density at radius 2 is 1.85 bits per heavy atom. The Bertz CT molecular complexity index is 1430. The van der Waals surface area contributed by atoms with Gasteiger partial charge in [-0.05, 0) is 42.1 Å². The van der Waals surface area contributed by atoms with Crippen LogP contribution in [0.5, 0.6) is 5.75 Å². The summed E-state index contributed by atoms with van der Waals surface area (Å²) in [5.74, 6) is 2.06. The summed E-state index contributed by atoms with van der Waals surface area (Å²) in [5.41, 5.74) is 2.57. The van der Waals surface area contributed by atoms with E-state index >= 15 is 0 Å². The first-order chi connectivity index (χ1) is 16.3. The van der Waals surface area contributed by atoms with Crippen molar-refractivity contribution in [2.45, 2.75) is 16.7 Å². The number of methoxy groups -OCH3 is 1. The van der Waals surface area contributed by atoms with E-state index in [4.69, 9.17) is 14.7 Å². The molecule has 162 valence electrons. The predicted molar refractivity (Wildman–Crippen MR) is 129 cm³/mol. The molecule has 0 radical (unpaired) electrons. The average Bonchev–Trinajstić information content (AvgIpc) is 3.26. The number of hydrogen-bond acceptors (Lipinski definition) is 7. The third-order valence-electron chi connectivity index (χ3n) is 5.05. The highest BCUT2D eigenvalue weighted by atomic mass is 32.2. The van der Waals surface area contributed by atoms with Gasteiger partial charge in [-0.1, -0.05) is 36.4 Å². The van der Waals surface area contributed by atoms with E-state index in [1.807, 2.05) is 71.3 Å². The molecule has 0 saturated heterocycles. The van der Waals surface area contributed by atoms with Crippen LogP contribution in [-0.2, 0) is 6.54 Å².